The van der Waals surface area contributed by atoms with Crippen LogP contribution >= 0.6 is 11.3 Å². The largest absolute Gasteiger partial charge is 0.448 e. The molecule has 3 N–H and O–H groups in total. The van der Waals surface area contributed by atoms with Crippen LogP contribution in [0.1, 0.15) is 44.6 Å². The van der Waals surface area contributed by atoms with Crippen LogP contribution in [0.3, 0.4) is 0 Å². The summed E-state index contributed by atoms with van der Waals surface area (Å²) in [5, 5.41) is 3.12. The van der Waals surface area contributed by atoms with E-state index in [1.807, 2.05) is 0 Å². The second-order valence-corrected chi connectivity index (χ2v) is 7.07. The van der Waals surface area contributed by atoms with Gasteiger partial charge in [0.25, 0.3) is 11.8 Å². The van der Waals surface area contributed by atoms with Crippen molar-refractivity contribution < 1.29 is 19.1 Å². The van der Waals surface area contributed by atoms with E-state index >= 15 is 0 Å². The summed E-state index contributed by atoms with van der Waals surface area (Å²) >= 11 is 1.36. The van der Waals surface area contributed by atoms with Crippen molar-refractivity contribution in [1.82, 2.24) is 4.57 Å². The molecule has 8 heteroatoms. The lowest BCUT2D eigenvalue weighted by Gasteiger charge is -2.14. The van der Waals surface area contributed by atoms with E-state index in [1.54, 1.807) is 29.9 Å². The zero-order valence-corrected chi connectivity index (χ0v) is 14.8. The first-order chi connectivity index (χ1) is 11.9. The number of ether oxygens (including phenoxy) is 1. The number of fused-ring (bicyclic) bond motifs is 1. The zero-order valence-electron chi connectivity index (χ0n) is 14.0. The maximum Gasteiger partial charge on any atom is 0.355 e. The number of aromatic nitrogens is 1. The smallest absolute Gasteiger partial charge is 0.355 e. The summed E-state index contributed by atoms with van der Waals surface area (Å²) in [6, 6.07) is 3.33. The number of nitrogens with two attached hydrogens (primary N) is 1. The summed E-state index contributed by atoms with van der Waals surface area (Å²) in [6.07, 6.45) is 3.38. The predicted molar refractivity (Wildman–Crippen MR) is 93.8 cm³/mol. The second kappa shape index (κ2) is 6.72. The van der Waals surface area contributed by atoms with E-state index in [-0.39, 0.29) is 0 Å². The van der Waals surface area contributed by atoms with Crippen LogP contribution in [0.4, 0.5) is 5.00 Å². The highest BCUT2D eigenvalue weighted by Gasteiger charge is 2.28. The summed E-state index contributed by atoms with van der Waals surface area (Å²) < 4.78 is 6.82. The van der Waals surface area contributed by atoms with Crippen molar-refractivity contribution in [3.05, 3.63) is 40.0 Å². The van der Waals surface area contributed by atoms with Crippen molar-refractivity contribution in [3.63, 3.8) is 0 Å². The van der Waals surface area contributed by atoms with E-state index in [9.17, 15) is 14.4 Å². The van der Waals surface area contributed by atoms with Gasteiger partial charge >= 0.3 is 5.97 Å². The average molecular weight is 361 g/mol. The molecule has 132 valence electrons. The molecule has 0 fully saturated rings. The number of esters is 1. The molecule has 2 amide bonds. The van der Waals surface area contributed by atoms with E-state index in [0.29, 0.717) is 16.3 Å². The van der Waals surface area contributed by atoms with Crippen LogP contribution in [0, 0.1) is 0 Å². The van der Waals surface area contributed by atoms with E-state index in [0.717, 1.165) is 29.7 Å². The molecule has 0 saturated carbocycles. The fourth-order valence-corrected chi connectivity index (χ4v) is 4.21. The van der Waals surface area contributed by atoms with Gasteiger partial charge in [0.1, 0.15) is 10.7 Å². The Kier molecular flexibility index (Phi) is 4.63. The molecule has 1 atom stereocenters. The number of rotatable bonds is 5. The second-order valence-electron chi connectivity index (χ2n) is 5.97. The first kappa shape index (κ1) is 17.2. The number of primary amides is 1. The molecule has 3 rings (SSSR count). The highest BCUT2D eigenvalue weighted by Crippen LogP contribution is 2.38. The highest BCUT2D eigenvalue weighted by molar-refractivity contribution is 7.17. The van der Waals surface area contributed by atoms with Crippen molar-refractivity contribution in [2.24, 2.45) is 12.8 Å². The molecular weight excluding hydrogens is 342 g/mol. The average Bonchev–Trinajstić information content (AvgIpc) is 3.21. The normalized spacial score (nSPS) is 14.0. The number of hydrogen-bond donors (Lipinski definition) is 2. The van der Waals surface area contributed by atoms with Crippen molar-refractivity contribution in [2.45, 2.75) is 32.3 Å². The summed E-state index contributed by atoms with van der Waals surface area (Å²) in [6.45, 7) is 1.49. The Labute approximate surface area is 148 Å². The predicted octanol–water partition coefficient (Wildman–Crippen LogP) is 1.86. The lowest BCUT2D eigenvalue weighted by atomic mass is 10.1. The number of amides is 2. The van der Waals surface area contributed by atoms with Gasteiger partial charge in [0.05, 0.1) is 5.56 Å². The van der Waals surface area contributed by atoms with E-state index in [1.165, 1.54) is 18.3 Å². The summed E-state index contributed by atoms with van der Waals surface area (Å²) in [5.74, 6) is -1.63. The Morgan fingerprint density at radius 1 is 1.36 bits per heavy atom. The molecule has 1 aliphatic rings. The lowest BCUT2D eigenvalue weighted by Crippen LogP contribution is -2.31. The lowest BCUT2D eigenvalue weighted by molar-refractivity contribution is -0.123. The number of aryl methyl sites for hydroxylation is 2. The Morgan fingerprint density at radius 3 is 2.76 bits per heavy atom. The van der Waals surface area contributed by atoms with Gasteiger partial charge in [-0.15, -0.1) is 11.3 Å². The van der Waals surface area contributed by atoms with Crippen LogP contribution in [0.5, 0.6) is 0 Å². The van der Waals surface area contributed by atoms with Gasteiger partial charge in [-0.3, -0.25) is 9.59 Å². The fraction of sp³-hybridized carbons (Fsp3) is 0.353. The third-order valence-corrected chi connectivity index (χ3v) is 5.42. The van der Waals surface area contributed by atoms with Gasteiger partial charge in [0.15, 0.2) is 6.10 Å². The molecule has 2 heterocycles. The van der Waals surface area contributed by atoms with Crippen LogP contribution in [0.15, 0.2) is 18.3 Å². The maximum atomic E-state index is 12.4. The van der Waals surface area contributed by atoms with E-state index in [4.69, 9.17) is 10.5 Å². The number of nitrogens with one attached hydrogen (secondary N) is 1. The third kappa shape index (κ3) is 3.30. The summed E-state index contributed by atoms with van der Waals surface area (Å²) in [4.78, 5) is 37.3. The minimum absolute atomic E-state index is 0.354. The van der Waals surface area contributed by atoms with Crippen molar-refractivity contribution >= 4 is 34.1 Å². The topological polar surface area (TPSA) is 103 Å². The number of thiophene rings is 1. The van der Waals surface area contributed by atoms with E-state index < -0.39 is 23.9 Å². The van der Waals surface area contributed by atoms with Gasteiger partial charge in [-0.1, -0.05) is 0 Å². The first-order valence-electron chi connectivity index (χ1n) is 7.96. The Hall–Kier alpha value is -2.61. The molecular formula is C17H19N3O4S. The molecule has 1 aliphatic carbocycles. The Balaban J connectivity index is 1.71. The number of carbonyl (C=O) groups excluding carboxylic acids is 3. The standard InChI is InChI=1S/C17H19N3O4S/c1-9(24-17(23)11-6-4-8-20(11)2)15(22)19-16-13(14(18)21)10-5-3-7-12(10)25-16/h4,6,8-9H,3,5,7H2,1-2H3,(H2,18,21)(H,19,22)/t9-/m1/s1. The maximum absolute atomic E-state index is 12.4. The third-order valence-electron chi connectivity index (χ3n) is 4.21. The van der Waals surface area contributed by atoms with Crippen LogP contribution in [0.2, 0.25) is 0 Å². The van der Waals surface area contributed by atoms with Gasteiger partial charge in [0.2, 0.25) is 0 Å². The molecule has 0 bridgehead atoms. The number of anilines is 1. The molecule has 2 aromatic heterocycles. The molecule has 0 aromatic carbocycles. The molecule has 0 radical (unpaired) electrons. The van der Waals surface area contributed by atoms with Gasteiger partial charge in [-0.05, 0) is 43.9 Å². The SMILES string of the molecule is C[C@@H](OC(=O)c1cccn1C)C(=O)Nc1sc2c(c1C(N)=O)CCC2. The van der Waals surface area contributed by atoms with E-state index in [2.05, 4.69) is 5.32 Å². The van der Waals surface area contributed by atoms with Crippen LogP contribution < -0.4 is 11.1 Å². The number of carbonyl (C=O) groups is 3. The number of nitrogens with zero attached hydrogens (tertiary/aromatic N) is 1. The van der Waals surface area contributed by atoms with Crippen molar-refractivity contribution in [3.8, 4) is 0 Å². The monoisotopic (exact) mass is 361 g/mol. The summed E-state index contributed by atoms with van der Waals surface area (Å²) in [7, 11) is 1.72. The molecule has 0 spiro atoms. The van der Waals surface area contributed by atoms with Gasteiger partial charge in [-0.25, -0.2) is 4.79 Å². The summed E-state index contributed by atoms with van der Waals surface area (Å²) in [5.41, 5.74) is 7.14. The minimum Gasteiger partial charge on any atom is -0.448 e. The Morgan fingerprint density at radius 2 is 2.12 bits per heavy atom. The van der Waals surface area contributed by atoms with Crippen LogP contribution in [-0.4, -0.2) is 28.5 Å². The quantitative estimate of drug-likeness (QED) is 0.793. The fourth-order valence-electron chi connectivity index (χ4n) is 2.91. The van der Waals surface area contributed by atoms with Gasteiger partial charge in [-0.2, -0.15) is 0 Å². The molecule has 25 heavy (non-hydrogen) atoms. The molecule has 0 aliphatic heterocycles. The molecule has 0 unspecified atom stereocenters. The van der Waals surface area contributed by atoms with Crippen molar-refractivity contribution in [1.29, 1.82) is 0 Å². The van der Waals surface area contributed by atoms with Gasteiger partial charge < -0.3 is 20.4 Å². The van der Waals surface area contributed by atoms with Crippen molar-refractivity contribution in [2.75, 3.05) is 5.32 Å². The Bertz CT molecular complexity index is 852. The zero-order chi connectivity index (χ0) is 18.1. The first-order valence-corrected chi connectivity index (χ1v) is 8.77. The minimum atomic E-state index is -1.000. The van der Waals surface area contributed by atoms with Crippen LogP contribution in [0.25, 0.3) is 0 Å². The van der Waals surface area contributed by atoms with Crippen LogP contribution in [-0.2, 0) is 29.4 Å². The molecule has 2 aromatic rings. The molecule has 7 nitrogen and oxygen atoms in total. The van der Waals surface area contributed by atoms with Gasteiger partial charge in [0, 0.05) is 18.1 Å². The number of hydrogen-bond acceptors (Lipinski definition) is 5. The highest BCUT2D eigenvalue weighted by atomic mass is 32.1. The molecule has 0 saturated heterocycles.